The highest BCUT2D eigenvalue weighted by Crippen LogP contribution is 2.10. The number of hydrogen-bond donors (Lipinski definition) is 1. The van der Waals surface area contributed by atoms with E-state index in [1.165, 1.54) is 70.8 Å². The van der Waals surface area contributed by atoms with Crippen LogP contribution in [0, 0.1) is 0 Å². The number of nitrogens with zero attached hydrogens (tertiary/aromatic N) is 1. The van der Waals surface area contributed by atoms with Gasteiger partial charge in [-0.15, -0.1) is 0 Å². The first kappa shape index (κ1) is 19.9. The lowest BCUT2D eigenvalue weighted by atomic mass is 10.1. The molecule has 0 fully saturated rings. The van der Waals surface area contributed by atoms with E-state index in [2.05, 4.69) is 11.8 Å². The standard InChI is InChI=1S/C17H38N2O/c1-3-4-5-6-7-8-9-10-11-12-14-19(15-13-18)16-17-20-2/h3-18H2,1-2H3. The average Bonchev–Trinajstić information content (AvgIpc) is 2.46. The van der Waals surface area contributed by atoms with E-state index in [0.29, 0.717) is 0 Å². The van der Waals surface area contributed by atoms with Gasteiger partial charge in [0.2, 0.25) is 0 Å². The van der Waals surface area contributed by atoms with Gasteiger partial charge in [-0.2, -0.15) is 0 Å². The fourth-order valence-corrected chi connectivity index (χ4v) is 2.56. The third-order valence-corrected chi connectivity index (χ3v) is 3.88. The van der Waals surface area contributed by atoms with Crippen molar-refractivity contribution in [3.8, 4) is 0 Å². The summed E-state index contributed by atoms with van der Waals surface area (Å²) in [4.78, 5) is 2.42. The van der Waals surface area contributed by atoms with Gasteiger partial charge in [-0.25, -0.2) is 0 Å². The van der Waals surface area contributed by atoms with Crippen molar-refractivity contribution in [2.24, 2.45) is 5.73 Å². The maximum absolute atomic E-state index is 5.64. The number of unbranched alkanes of at least 4 members (excludes halogenated alkanes) is 9. The van der Waals surface area contributed by atoms with Crippen LogP contribution >= 0.6 is 0 Å². The molecule has 0 rings (SSSR count). The van der Waals surface area contributed by atoms with Crippen LogP contribution in [0.1, 0.15) is 71.1 Å². The predicted molar refractivity (Wildman–Crippen MR) is 89.2 cm³/mol. The SMILES string of the molecule is CCCCCCCCCCCCN(CCN)CCOC. The van der Waals surface area contributed by atoms with Gasteiger partial charge in [0.1, 0.15) is 0 Å². The topological polar surface area (TPSA) is 38.5 Å². The maximum atomic E-state index is 5.64. The smallest absolute Gasteiger partial charge is 0.0589 e. The van der Waals surface area contributed by atoms with Crippen LogP contribution in [0.25, 0.3) is 0 Å². The van der Waals surface area contributed by atoms with E-state index in [4.69, 9.17) is 10.5 Å². The Morgan fingerprint density at radius 2 is 1.30 bits per heavy atom. The average molecular weight is 287 g/mol. The lowest BCUT2D eigenvalue weighted by Gasteiger charge is -2.20. The van der Waals surface area contributed by atoms with Crippen molar-refractivity contribution in [2.45, 2.75) is 71.1 Å². The van der Waals surface area contributed by atoms with Crippen molar-refractivity contribution in [1.29, 1.82) is 0 Å². The second-order valence-corrected chi connectivity index (χ2v) is 5.81. The molecule has 0 aromatic rings. The minimum atomic E-state index is 0.751. The molecule has 0 unspecified atom stereocenters. The van der Waals surface area contributed by atoms with Crippen LogP contribution in [-0.2, 0) is 4.74 Å². The van der Waals surface area contributed by atoms with Crippen LogP contribution in [0.2, 0.25) is 0 Å². The van der Waals surface area contributed by atoms with E-state index < -0.39 is 0 Å². The zero-order valence-electron chi connectivity index (χ0n) is 14.0. The quantitative estimate of drug-likeness (QED) is 0.438. The molecule has 122 valence electrons. The molecule has 0 heterocycles. The van der Waals surface area contributed by atoms with Gasteiger partial charge in [-0.3, -0.25) is 4.90 Å². The van der Waals surface area contributed by atoms with E-state index in [0.717, 1.165) is 26.2 Å². The second-order valence-electron chi connectivity index (χ2n) is 5.81. The molecule has 0 bridgehead atoms. The molecule has 0 aromatic carbocycles. The Morgan fingerprint density at radius 1 is 0.750 bits per heavy atom. The molecule has 0 saturated carbocycles. The molecule has 0 spiro atoms. The Balaban J connectivity index is 3.27. The molecule has 3 nitrogen and oxygen atoms in total. The second kappa shape index (κ2) is 16.9. The molecule has 0 aliphatic carbocycles. The molecule has 20 heavy (non-hydrogen) atoms. The highest BCUT2D eigenvalue weighted by molar-refractivity contribution is 4.58. The molecule has 2 N–H and O–H groups in total. The molecule has 0 aromatic heterocycles. The monoisotopic (exact) mass is 286 g/mol. The molecule has 0 radical (unpaired) electrons. The molecule has 0 saturated heterocycles. The number of hydrogen-bond acceptors (Lipinski definition) is 3. The lowest BCUT2D eigenvalue weighted by Crippen LogP contribution is -2.33. The van der Waals surface area contributed by atoms with E-state index in [1.807, 2.05) is 0 Å². The molecule has 0 amide bonds. The van der Waals surface area contributed by atoms with Gasteiger partial charge in [0.05, 0.1) is 6.61 Å². The Bertz CT molecular complexity index is 176. The number of methoxy groups -OCH3 is 1. The molecule has 0 aliphatic heterocycles. The third-order valence-electron chi connectivity index (χ3n) is 3.88. The van der Waals surface area contributed by atoms with Gasteiger partial charge >= 0.3 is 0 Å². The fraction of sp³-hybridized carbons (Fsp3) is 1.00. The Labute approximate surface area is 127 Å². The van der Waals surface area contributed by atoms with Crippen molar-refractivity contribution in [3.05, 3.63) is 0 Å². The Hall–Kier alpha value is -0.120. The summed E-state index contributed by atoms with van der Waals surface area (Å²) >= 11 is 0. The van der Waals surface area contributed by atoms with Gasteiger partial charge in [-0.1, -0.05) is 64.7 Å². The normalized spacial score (nSPS) is 11.4. The first-order valence-electron chi connectivity index (χ1n) is 8.76. The van der Waals surface area contributed by atoms with Crippen molar-refractivity contribution >= 4 is 0 Å². The van der Waals surface area contributed by atoms with Crippen molar-refractivity contribution in [1.82, 2.24) is 4.90 Å². The largest absolute Gasteiger partial charge is 0.383 e. The van der Waals surface area contributed by atoms with Crippen LogP contribution < -0.4 is 5.73 Å². The summed E-state index contributed by atoms with van der Waals surface area (Å²) in [5.41, 5.74) is 5.64. The zero-order valence-corrected chi connectivity index (χ0v) is 14.0. The van der Waals surface area contributed by atoms with Crippen LogP contribution in [0.4, 0.5) is 0 Å². The predicted octanol–water partition coefficient (Wildman–Crippen LogP) is 3.81. The van der Waals surface area contributed by atoms with Gasteiger partial charge in [0.15, 0.2) is 0 Å². The van der Waals surface area contributed by atoms with Crippen LogP contribution in [-0.4, -0.2) is 44.8 Å². The van der Waals surface area contributed by atoms with Gasteiger partial charge < -0.3 is 10.5 Å². The first-order chi connectivity index (χ1) is 9.85. The minimum Gasteiger partial charge on any atom is -0.383 e. The summed E-state index contributed by atoms with van der Waals surface area (Å²) in [5.74, 6) is 0. The Kier molecular flexibility index (Phi) is 16.8. The summed E-state index contributed by atoms with van der Waals surface area (Å²) in [6.07, 6.45) is 14.0. The van der Waals surface area contributed by atoms with Crippen molar-refractivity contribution in [3.63, 3.8) is 0 Å². The zero-order chi connectivity index (χ0) is 14.9. The fourth-order valence-electron chi connectivity index (χ4n) is 2.56. The number of ether oxygens (including phenoxy) is 1. The highest BCUT2D eigenvalue weighted by atomic mass is 16.5. The van der Waals surface area contributed by atoms with Crippen molar-refractivity contribution in [2.75, 3.05) is 39.9 Å². The maximum Gasteiger partial charge on any atom is 0.0589 e. The summed E-state index contributed by atoms with van der Waals surface area (Å²) in [5, 5.41) is 0. The first-order valence-corrected chi connectivity index (χ1v) is 8.76. The van der Waals surface area contributed by atoms with E-state index >= 15 is 0 Å². The van der Waals surface area contributed by atoms with E-state index in [1.54, 1.807) is 7.11 Å². The summed E-state index contributed by atoms with van der Waals surface area (Å²) in [6.45, 7) is 7.04. The van der Waals surface area contributed by atoms with E-state index in [9.17, 15) is 0 Å². The summed E-state index contributed by atoms with van der Waals surface area (Å²) in [7, 11) is 1.77. The highest BCUT2D eigenvalue weighted by Gasteiger charge is 2.02. The summed E-state index contributed by atoms with van der Waals surface area (Å²) < 4.78 is 5.14. The Morgan fingerprint density at radius 3 is 1.80 bits per heavy atom. The number of nitrogens with two attached hydrogens (primary N) is 1. The van der Waals surface area contributed by atoms with Crippen LogP contribution in [0.5, 0.6) is 0 Å². The van der Waals surface area contributed by atoms with Crippen molar-refractivity contribution < 1.29 is 4.74 Å². The van der Waals surface area contributed by atoms with Gasteiger partial charge in [0, 0.05) is 26.7 Å². The lowest BCUT2D eigenvalue weighted by molar-refractivity contribution is 0.148. The van der Waals surface area contributed by atoms with E-state index in [-0.39, 0.29) is 0 Å². The third kappa shape index (κ3) is 14.3. The summed E-state index contributed by atoms with van der Waals surface area (Å²) in [6, 6.07) is 0. The molecule has 3 heteroatoms. The molecular weight excluding hydrogens is 248 g/mol. The van der Waals surface area contributed by atoms with Gasteiger partial charge in [-0.05, 0) is 13.0 Å². The van der Waals surface area contributed by atoms with Gasteiger partial charge in [0.25, 0.3) is 0 Å². The molecule has 0 aliphatic rings. The minimum absolute atomic E-state index is 0.751. The number of rotatable bonds is 16. The van der Waals surface area contributed by atoms with Crippen LogP contribution in [0.3, 0.4) is 0 Å². The van der Waals surface area contributed by atoms with Crippen LogP contribution in [0.15, 0.2) is 0 Å². The molecular formula is C17H38N2O. The molecule has 0 atom stereocenters.